The second-order valence-corrected chi connectivity index (χ2v) is 15.7. The second-order valence-electron chi connectivity index (χ2n) is 15.7. The van der Waals surface area contributed by atoms with Crippen LogP contribution in [0.15, 0.2) is 218 Å². The van der Waals surface area contributed by atoms with E-state index in [1.54, 1.807) is 0 Å². The number of allylic oxidation sites excluding steroid dienone is 4. The summed E-state index contributed by atoms with van der Waals surface area (Å²) in [7, 11) is 0. The molecule has 0 N–H and O–H groups in total. The first-order valence-electron chi connectivity index (χ1n) is 20.3. The van der Waals surface area contributed by atoms with E-state index in [2.05, 4.69) is 228 Å². The summed E-state index contributed by atoms with van der Waals surface area (Å²) < 4.78 is 2.42. The average molecular weight is 739 g/mol. The van der Waals surface area contributed by atoms with Gasteiger partial charge >= 0.3 is 0 Å². The van der Waals surface area contributed by atoms with Crippen LogP contribution in [-0.2, 0) is 0 Å². The van der Waals surface area contributed by atoms with Gasteiger partial charge in [0, 0.05) is 45.4 Å². The summed E-state index contributed by atoms with van der Waals surface area (Å²) in [6, 6.07) is 71.4. The topological polar surface area (TPSA) is 8.17 Å². The molecular formula is C56H38N2. The molecule has 0 spiro atoms. The van der Waals surface area contributed by atoms with E-state index < -0.39 is 0 Å². The van der Waals surface area contributed by atoms with E-state index in [0.29, 0.717) is 11.8 Å². The van der Waals surface area contributed by atoms with Crippen molar-refractivity contribution in [1.82, 2.24) is 4.57 Å². The van der Waals surface area contributed by atoms with Gasteiger partial charge in [0.2, 0.25) is 0 Å². The Morgan fingerprint density at radius 3 is 1.76 bits per heavy atom. The number of para-hydroxylation sites is 2. The lowest BCUT2D eigenvalue weighted by Gasteiger charge is -2.26. The molecule has 0 saturated heterocycles. The number of rotatable bonds is 6. The van der Waals surface area contributed by atoms with Crippen LogP contribution in [0.3, 0.4) is 0 Å². The summed E-state index contributed by atoms with van der Waals surface area (Å²) in [5, 5.41) is 7.81. The average Bonchev–Trinajstić information content (AvgIpc) is 3.79. The van der Waals surface area contributed by atoms with E-state index in [-0.39, 0.29) is 0 Å². The van der Waals surface area contributed by atoms with Crippen LogP contribution >= 0.6 is 0 Å². The van der Waals surface area contributed by atoms with Gasteiger partial charge in [-0.1, -0.05) is 140 Å². The zero-order valence-corrected chi connectivity index (χ0v) is 31.8. The number of nitrogens with zero attached hydrogens (tertiary/aromatic N) is 2. The van der Waals surface area contributed by atoms with Gasteiger partial charge in [0.1, 0.15) is 0 Å². The van der Waals surface area contributed by atoms with Gasteiger partial charge in [0.15, 0.2) is 0 Å². The predicted molar refractivity (Wildman–Crippen MR) is 245 cm³/mol. The third-order valence-electron chi connectivity index (χ3n) is 12.5. The highest BCUT2D eigenvalue weighted by Crippen LogP contribution is 2.51. The molecule has 2 heteroatoms. The van der Waals surface area contributed by atoms with Gasteiger partial charge in [-0.3, -0.25) is 0 Å². The first-order valence-corrected chi connectivity index (χ1v) is 20.3. The molecule has 58 heavy (non-hydrogen) atoms. The molecule has 12 rings (SSSR count). The number of fused-ring (bicyclic) bond motifs is 7. The fourth-order valence-corrected chi connectivity index (χ4v) is 9.79. The van der Waals surface area contributed by atoms with E-state index >= 15 is 0 Å². The summed E-state index contributed by atoms with van der Waals surface area (Å²) in [6.45, 7) is 0. The summed E-state index contributed by atoms with van der Waals surface area (Å²) in [5.41, 5.74) is 14.7. The summed E-state index contributed by atoms with van der Waals surface area (Å²) in [4.78, 5) is 2.35. The third kappa shape index (κ3) is 5.19. The Balaban J connectivity index is 0.897. The van der Waals surface area contributed by atoms with Crippen molar-refractivity contribution in [1.29, 1.82) is 0 Å². The second kappa shape index (κ2) is 13.1. The fourth-order valence-electron chi connectivity index (χ4n) is 9.79. The fraction of sp³-hybridized carbons (Fsp3) is 0.0357. The zero-order valence-electron chi connectivity index (χ0n) is 31.8. The van der Waals surface area contributed by atoms with E-state index in [9.17, 15) is 0 Å². The summed E-state index contributed by atoms with van der Waals surface area (Å²) in [5.74, 6) is 0.829. The van der Waals surface area contributed by atoms with Crippen LogP contribution in [0.2, 0.25) is 0 Å². The predicted octanol–water partition coefficient (Wildman–Crippen LogP) is 15.2. The molecule has 0 amide bonds. The number of anilines is 3. The van der Waals surface area contributed by atoms with E-state index in [1.165, 1.54) is 76.7 Å². The standard InChI is InChI=1S/C56H38N2/c1-2-16-44(17-3-1)57(46-30-26-38(27-31-46)43-32-42-15-11-22-51-48-19-6-7-20-49(48)53(35-43)56(42)51)45-28-24-37(25-29-45)39-14-10-18-47(33-39)58-54-23-9-8-21-50(54)52-34-40-12-4-5-13-41(40)36-55(52)58/h1-36,48-49H. The van der Waals surface area contributed by atoms with Crippen LogP contribution in [0.5, 0.6) is 0 Å². The summed E-state index contributed by atoms with van der Waals surface area (Å²) in [6.07, 6.45) is 9.14. The van der Waals surface area contributed by atoms with Crippen molar-refractivity contribution in [2.45, 2.75) is 11.8 Å². The quantitative estimate of drug-likeness (QED) is 0.165. The Morgan fingerprint density at radius 1 is 0.362 bits per heavy atom. The SMILES string of the molecule is C1=CC2c3cccc4cc(-c5ccc(N(c6ccccc6)c6ccc(-c7cccc(-n8c9ccccc9c9cc%10ccccc%10cc98)c7)cc6)cc5)cc(c34)C2C=C1. The van der Waals surface area contributed by atoms with Crippen molar-refractivity contribution in [2.75, 3.05) is 4.90 Å². The van der Waals surface area contributed by atoms with Crippen molar-refractivity contribution < 1.29 is 0 Å². The van der Waals surface area contributed by atoms with Crippen LogP contribution in [-0.4, -0.2) is 4.57 Å². The highest BCUT2D eigenvalue weighted by Gasteiger charge is 2.32. The molecule has 0 fully saturated rings. The van der Waals surface area contributed by atoms with E-state index in [1.807, 2.05) is 0 Å². The molecule has 2 unspecified atom stereocenters. The molecule has 0 aliphatic heterocycles. The van der Waals surface area contributed by atoms with E-state index in [0.717, 1.165) is 22.7 Å². The van der Waals surface area contributed by atoms with Crippen LogP contribution in [0.1, 0.15) is 23.0 Å². The van der Waals surface area contributed by atoms with Gasteiger partial charge in [0.05, 0.1) is 11.0 Å². The molecule has 1 aromatic heterocycles. The molecular weight excluding hydrogens is 701 g/mol. The smallest absolute Gasteiger partial charge is 0.0547 e. The minimum atomic E-state index is 0.401. The molecule has 10 aromatic rings. The van der Waals surface area contributed by atoms with E-state index in [4.69, 9.17) is 0 Å². The lowest BCUT2D eigenvalue weighted by Crippen LogP contribution is -2.09. The maximum atomic E-state index is 2.43. The Morgan fingerprint density at radius 2 is 0.983 bits per heavy atom. The molecule has 9 aromatic carbocycles. The van der Waals surface area contributed by atoms with Crippen molar-refractivity contribution in [3.63, 3.8) is 0 Å². The molecule has 2 atom stereocenters. The Kier molecular flexibility index (Phi) is 7.39. The van der Waals surface area contributed by atoms with Gasteiger partial charge in [-0.2, -0.15) is 0 Å². The highest BCUT2D eigenvalue weighted by molar-refractivity contribution is 6.13. The molecule has 272 valence electrons. The van der Waals surface area contributed by atoms with Gasteiger partial charge in [-0.15, -0.1) is 0 Å². The maximum absolute atomic E-state index is 2.43. The monoisotopic (exact) mass is 738 g/mol. The zero-order chi connectivity index (χ0) is 38.2. The van der Waals surface area contributed by atoms with Crippen molar-refractivity contribution in [2.24, 2.45) is 0 Å². The first-order chi connectivity index (χ1) is 28.7. The Hall–Kier alpha value is -7.42. The molecule has 0 saturated carbocycles. The van der Waals surface area contributed by atoms with Crippen molar-refractivity contribution in [3.8, 4) is 27.9 Å². The van der Waals surface area contributed by atoms with Gasteiger partial charge in [0.25, 0.3) is 0 Å². The van der Waals surface area contributed by atoms with Gasteiger partial charge < -0.3 is 9.47 Å². The Bertz CT molecular complexity index is 3280. The van der Waals surface area contributed by atoms with Crippen LogP contribution in [0.4, 0.5) is 17.1 Å². The molecule has 2 nitrogen and oxygen atoms in total. The molecule has 2 aliphatic rings. The van der Waals surface area contributed by atoms with Crippen LogP contribution in [0.25, 0.3) is 71.3 Å². The normalized spacial score (nSPS) is 15.4. The maximum Gasteiger partial charge on any atom is 0.0547 e. The highest BCUT2D eigenvalue weighted by atomic mass is 15.1. The van der Waals surface area contributed by atoms with Crippen LogP contribution in [0, 0.1) is 0 Å². The van der Waals surface area contributed by atoms with Crippen molar-refractivity contribution in [3.05, 3.63) is 230 Å². The third-order valence-corrected chi connectivity index (χ3v) is 12.5. The molecule has 0 bridgehead atoms. The molecule has 1 heterocycles. The number of benzene rings is 9. The number of hydrogen-bond acceptors (Lipinski definition) is 1. The number of hydrogen-bond donors (Lipinski definition) is 0. The minimum Gasteiger partial charge on any atom is -0.311 e. The molecule has 2 aliphatic carbocycles. The lowest BCUT2D eigenvalue weighted by atomic mass is 9.86. The van der Waals surface area contributed by atoms with Gasteiger partial charge in [-0.25, -0.2) is 0 Å². The lowest BCUT2D eigenvalue weighted by molar-refractivity contribution is 0.769. The van der Waals surface area contributed by atoms with Crippen LogP contribution < -0.4 is 4.90 Å². The largest absolute Gasteiger partial charge is 0.311 e. The minimum absolute atomic E-state index is 0.401. The summed E-state index contributed by atoms with van der Waals surface area (Å²) >= 11 is 0. The Labute approximate surface area is 337 Å². The molecule has 0 radical (unpaired) electrons. The van der Waals surface area contributed by atoms with Crippen molar-refractivity contribution >= 4 is 60.4 Å². The first kappa shape index (κ1) is 32.8. The van der Waals surface area contributed by atoms with Gasteiger partial charge in [-0.05, 0) is 134 Å². The number of aromatic nitrogens is 1.